The lowest BCUT2D eigenvalue weighted by Gasteiger charge is -2.24. The van der Waals surface area contributed by atoms with Crippen LogP contribution in [0.25, 0.3) is 0 Å². The molecule has 1 aliphatic rings. The Morgan fingerprint density at radius 3 is 2.41 bits per heavy atom. The smallest absolute Gasteiger partial charge is 0.410 e. The van der Waals surface area contributed by atoms with Gasteiger partial charge in [-0.2, -0.15) is 0 Å². The fraction of sp³-hybridized carbons (Fsp3) is 0.875. The van der Waals surface area contributed by atoms with Crippen molar-refractivity contribution in [3.63, 3.8) is 0 Å². The van der Waals surface area contributed by atoms with E-state index in [1.54, 1.807) is 7.05 Å². The molecule has 0 saturated heterocycles. The van der Waals surface area contributed by atoms with E-state index in [-0.39, 0.29) is 6.09 Å². The normalized spacial score (nSPS) is 17.7. The van der Waals surface area contributed by atoms with Crippen LogP contribution in [0, 0.1) is 0 Å². The van der Waals surface area contributed by atoms with Gasteiger partial charge in [-0.05, 0) is 33.6 Å². The van der Waals surface area contributed by atoms with Crippen molar-refractivity contribution in [2.75, 3.05) is 20.1 Å². The lowest BCUT2D eigenvalue weighted by Crippen LogP contribution is -2.40. The van der Waals surface area contributed by atoms with Crippen LogP contribution in [0.3, 0.4) is 0 Å². The molecule has 0 aromatic rings. The topological polar surface area (TPSA) is 80.0 Å². The van der Waals surface area contributed by atoms with Crippen molar-refractivity contribution < 1.29 is 9.53 Å². The highest BCUT2D eigenvalue weighted by Gasteiger charge is 2.19. The average Bonchev–Trinajstić information content (AvgIpc) is 2.65. The summed E-state index contributed by atoms with van der Waals surface area (Å²) in [5.41, 5.74) is 5.45. The number of nitrogens with zero attached hydrogens (tertiary/aromatic N) is 2. The van der Waals surface area contributed by atoms with Crippen LogP contribution in [0.4, 0.5) is 4.79 Å². The molecule has 0 heterocycles. The summed E-state index contributed by atoms with van der Waals surface area (Å²) in [5.74, 6) is 0.476. The predicted octanol–water partition coefficient (Wildman–Crippen LogP) is 2.48. The molecule has 0 bridgehead atoms. The molecule has 0 spiro atoms. The van der Waals surface area contributed by atoms with Gasteiger partial charge in [0.15, 0.2) is 5.96 Å². The summed E-state index contributed by atoms with van der Waals surface area (Å²) in [6.07, 6.45) is 7.13. The maximum atomic E-state index is 11.8. The standard InChI is InChI=1S/C16H32N4O2/c1-16(2,3)22-15(21)20(4)12-11-18-14(17)19-13-9-7-5-6-8-10-13/h13H,5-12H2,1-4H3,(H3,17,18,19). The third-order valence-corrected chi connectivity index (χ3v) is 3.63. The first-order valence-corrected chi connectivity index (χ1v) is 8.28. The predicted molar refractivity (Wildman–Crippen MR) is 90.0 cm³/mol. The van der Waals surface area contributed by atoms with Crippen LogP contribution >= 0.6 is 0 Å². The zero-order chi connectivity index (χ0) is 16.6. The zero-order valence-electron chi connectivity index (χ0n) is 14.5. The lowest BCUT2D eigenvalue weighted by molar-refractivity contribution is 0.0304. The Balaban J connectivity index is 2.29. The molecule has 1 fully saturated rings. The molecular formula is C16H32N4O2. The minimum atomic E-state index is -0.477. The van der Waals surface area contributed by atoms with Crippen molar-refractivity contribution in [3.8, 4) is 0 Å². The van der Waals surface area contributed by atoms with Crippen LogP contribution in [0.15, 0.2) is 4.99 Å². The van der Waals surface area contributed by atoms with E-state index in [1.165, 1.54) is 30.6 Å². The number of carbonyl (C=O) groups excluding carboxylic acids is 1. The first-order chi connectivity index (χ1) is 10.3. The van der Waals surface area contributed by atoms with E-state index in [1.807, 2.05) is 20.8 Å². The summed E-state index contributed by atoms with van der Waals surface area (Å²) in [6.45, 7) is 6.52. The summed E-state index contributed by atoms with van der Waals surface area (Å²) in [7, 11) is 1.71. The summed E-state index contributed by atoms with van der Waals surface area (Å²) < 4.78 is 5.28. The van der Waals surface area contributed by atoms with Gasteiger partial charge in [0.25, 0.3) is 0 Å². The summed E-state index contributed by atoms with van der Waals surface area (Å²) in [4.78, 5) is 17.6. The number of likely N-dealkylation sites (N-methyl/N-ethyl adjacent to an activating group) is 1. The number of hydrogen-bond acceptors (Lipinski definition) is 3. The second kappa shape index (κ2) is 8.86. The first kappa shape index (κ1) is 18.6. The van der Waals surface area contributed by atoms with E-state index in [9.17, 15) is 4.79 Å². The molecule has 0 atom stereocenters. The van der Waals surface area contributed by atoms with Crippen LogP contribution in [0.2, 0.25) is 0 Å². The largest absolute Gasteiger partial charge is 0.444 e. The molecule has 3 N–H and O–H groups in total. The van der Waals surface area contributed by atoms with Gasteiger partial charge >= 0.3 is 6.09 Å². The lowest BCUT2D eigenvalue weighted by atomic mass is 10.1. The molecule has 1 aliphatic carbocycles. The van der Waals surface area contributed by atoms with Crippen LogP contribution < -0.4 is 11.1 Å². The van der Waals surface area contributed by atoms with Crippen molar-refractivity contribution >= 4 is 12.1 Å². The molecule has 128 valence electrons. The number of aliphatic imine (C=N–C) groups is 1. The van der Waals surface area contributed by atoms with E-state index in [0.717, 1.165) is 12.8 Å². The molecule has 1 amide bonds. The quantitative estimate of drug-likeness (QED) is 0.475. The van der Waals surface area contributed by atoms with Gasteiger partial charge in [0.05, 0.1) is 6.54 Å². The third kappa shape index (κ3) is 8.10. The van der Waals surface area contributed by atoms with E-state index < -0.39 is 5.60 Å². The first-order valence-electron chi connectivity index (χ1n) is 8.28. The van der Waals surface area contributed by atoms with Gasteiger partial charge in [-0.1, -0.05) is 25.7 Å². The maximum Gasteiger partial charge on any atom is 0.410 e. The molecule has 0 aromatic carbocycles. The summed E-state index contributed by atoms with van der Waals surface area (Å²) in [6, 6.07) is 0.440. The SMILES string of the molecule is CN(CCN=C(N)NC1CCCCCC1)C(=O)OC(C)(C)C. The average molecular weight is 312 g/mol. The summed E-state index contributed by atoms with van der Waals surface area (Å²) >= 11 is 0. The highest BCUT2D eigenvalue weighted by atomic mass is 16.6. The zero-order valence-corrected chi connectivity index (χ0v) is 14.5. The molecule has 6 heteroatoms. The number of amides is 1. The molecule has 1 saturated carbocycles. The Bertz CT molecular complexity index is 369. The fourth-order valence-corrected chi connectivity index (χ4v) is 2.43. The Morgan fingerprint density at radius 2 is 1.86 bits per heavy atom. The minimum Gasteiger partial charge on any atom is -0.444 e. The highest BCUT2D eigenvalue weighted by Crippen LogP contribution is 2.16. The molecule has 1 rings (SSSR count). The third-order valence-electron chi connectivity index (χ3n) is 3.63. The van der Waals surface area contributed by atoms with Crippen LogP contribution in [-0.2, 0) is 4.74 Å². The van der Waals surface area contributed by atoms with Crippen molar-refractivity contribution in [3.05, 3.63) is 0 Å². The Hall–Kier alpha value is -1.46. The minimum absolute atomic E-state index is 0.335. The van der Waals surface area contributed by atoms with E-state index >= 15 is 0 Å². The molecule has 6 nitrogen and oxygen atoms in total. The molecule has 0 aliphatic heterocycles. The van der Waals surface area contributed by atoms with Gasteiger partial charge in [-0.15, -0.1) is 0 Å². The Kier molecular flexibility index (Phi) is 7.48. The van der Waals surface area contributed by atoms with E-state index in [2.05, 4.69) is 10.3 Å². The van der Waals surface area contributed by atoms with Gasteiger partial charge < -0.3 is 20.7 Å². The van der Waals surface area contributed by atoms with Crippen molar-refractivity contribution in [1.82, 2.24) is 10.2 Å². The number of nitrogens with two attached hydrogens (primary N) is 1. The Morgan fingerprint density at radius 1 is 1.27 bits per heavy atom. The number of rotatable bonds is 4. The molecule has 0 aromatic heterocycles. The van der Waals surface area contributed by atoms with Crippen molar-refractivity contribution in [2.24, 2.45) is 10.7 Å². The monoisotopic (exact) mass is 312 g/mol. The number of nitrogens with one attached hydrogen (secondary N) is 1. The molecule has 22 heavy (non-hydrogen) atoms. The van der Waals surface area contributed by atoms with Gasteiger partial charge in [-0.3, -0.25) is 4.99 Å². The number of guanidine groups is 1. The van der Waals surface area contributed by atoms with Crippen LogP contribution in [0.1, 0.15) is 59.3 Å². The number of hydrogen-bond donors (Lipinski definition) is 2. The summed E-state index contributed by atoms with van der Waals surface area (Å²) in [5, 5.41) is 3.29. The van der Waals surface area contributed by atoms with Crippen molar-refractivity contribution in [1.29, 1.82) is 0 Å². The number of ether oxygens (including phenoxy) is 1. The Labute approximate surface area is 134 Å². The van der Waals surface area contributed by atoms with Crippen molar-refractivity contribution in [2.45, 2.75) is 70.9 Å². The van der Waals surface area contributed by atoms with Crippen LogP contribution in [0.5, 0.6) is 0 Å². The highest BCUT2D eigenvalue weighted by molar-refractivity contribution is 5.78. The van der Waals surface area contributed by atoms with Gasteiger partial charge in [0, 0.05) is 19.6 Å². The van der Waals surface area contributed by atoms with E-state index in [0.29, 0.717) is 25.1 Å². The van der Waals surface area contributed by atoms with Gasteiger partial charge in [0.1, 0.15) is 5.60 Å². The molecule has 0 unspecified atom stereocenters. The second-order valence-corrected chi connectivity index (χ2v) is 7.00. The maximum absolute atomic E-state index is 11.8. The number of carbonyl (C=O) groups is 1. The molecule has 0 radical (unpaired) electrons. The fourth-order valence-electron chi connectivity index (χ4n) is 2.43. The van der Waals surface area contributed by atoms with E-state index in [4.69, 9.17) is 10.5 Å². The second-order valence-electron chi connectivity index (χ2n) is 7.00. The molecular weight excluding hydrogens is 280 g/mol. The van der Waals surface area contributed by atoms with Gasteiger partial charge in [0.2, 0.25) is 0 Å². The van der Waals surface area contributed by atoms with Crippen LogP contribution in [-0.4, -0.2) is 48.7 Å². The van der Waals surface area contributed by atoms with Gasteiger partial charge in [-0.25, -0.2) is 4.79 Å².